The lowest BCUT2D eigenvalue weighted by Crippen LogP contribution is -2.42. The summed E-state index contributed by atoms with van der Waals surface area (Å²) in [6, 6.07) is 9.17. The van der Waals surface area contributed by atoms with E-state index in [1.807, 2.05) is 12.1 Å². The summed E-state index contributed by atoms with van der Waals surface area (Å²) < 4.78 is 5.48. The van der Waals surface area contributed by atoms with Gasteiger partial charge in [0.05, 0.1) is 7.11 Å². The number of piperidine rings is 1. The van der Waals surface area contributed by atoms with E-state index in [1.54, 1.807) is 7.11 Å². The molecule has 0 spiro atoms. The summed E-state index contributed by atoms with van der Waals surface area (Å²) in [5.41, 5.74) is 1.25. The zero-order valence-electron chi connectivity index (χ0n) is 13.9. The average Bonchev–Trinajstić information content (AvgIpc) is 2.54. The van der Waals surface area contributed by atoms with E-state index in [0.717, 1.165) is 11.7 Å². The summed E-state index contributed by atoms with van der Waals surface area (Å²) in [7, 11) is 1.75. The Morgan fingerprint density at radius 1 is 1.24 bits per heavy atom. The Morgan fingerprint density at radius 3 is 2.52 bits per heavy atom. The Bertz CT molecular complexity index is 427. The highest BCUT2D eigenvalue weighted by molar-refractivity contribution is 5.35. The van der Waals surface area contributed by atoms with Gasteiger partial charge in [-0.05, 0) is 58.3 Å². The van der Waals surface area contributed by atoms with Crippen molar-refractivity contribution in [1.82, 2.24) is 10.2 Å². The van der Waals surface area contributed by atoms with Crippen molar-refractivity contribution in [3.63, 3.8) is 0 Å². The van der Waals surface area contributed by atoms with Crippen LogP contribution in [0, 0.1) is 5.92 Å². The summed E-state index contributed by atoms with van der Waals surface area (Å²) in [6.45, 7) is 10.5. The van der Waals surface area contributed by atoms with E-state index in [2.05, 4.69) is 43.1 Å². The molecule has 3 nitrogen and oxygen atoms in total. The van der Waals surface area contributed by atoms with Crippen LogP contribution in [0.15, 0.2) is 24.3 Å². The summed E-state index contributed by atoms with van der Waals surface area (Å²) in [6.07, 6.45) is 2.61. The molecule has 0 radical (unpaired) electrons. The standard InChI is InChI=1S/C18H30N2O/c1-5-20-12-10-16(11-13-20)14(2)19-15(3)17-8-6-7-9-18(17)21-4/h6-9,14-16,19H,5,10-13H2,1-4H3/t14?,15-/m0/s1. The number of para-hydroxylation sites is 1. The fourth-order valence-corrected chi connectivity index (χ4v) is 3.41. The Kier molecular flexibility index (Phi) is 6.07. The molecule has 1 fully saturated rings. The van der Waals surface area contributed by atoms with Crippen molar-refractivity contribution in [2.75, 3.05) is 26.7 Å². The summed E-state index contributed by atoms with van der Waals surface area (Å²) >= 11 is 0. The van der Waals surface area contributed by atoms with Crippen LogP contribution < -0.4 is 10.1 Å². The van der Waals surface area contributed by atoms with Crippen molar-refractivity contribution >= 4 is 0 Å². The zero-order chi connectivity index (χ0) is 15.2. The Labute approximate surface area is 129 Å². The molecule has 0 bridgehead atoms. The molecule has 1 heterocycles. The van der Waals surface area contributed by atoms with Gasteiger partial charge in [-0.2, -0.15) is 0 Å². The van der Waals surface area contributed by atoms with Crippen LogP contribution in [0.4, 0.5) is 0 Å². The second-order valence-corrected chi connectivity index (χ2v) is 6.19. The van der Waals surface area contributed by atoms with Gasteiger partial charge in [0.2, 0.25) is 0 Å². The average molecular weight is 290 g/mol. The van der Waals surface area contributed by atoms with Gasteiger partial charge in [-0.25, -0.2) is 0 Å². The SMILES string of the molecule is CCN1CCC(C(C)N[C@@H](C)c2ccccc2OC)CC1. The molecule has 21 heavy (non-hydrogen) atoms. The van der Waals surface area contributed by atoms with Crippen molar-refractivity contribution in [1.29, 1.82) is 0 Å². The molecule has 1 aliphatic rings. The summed E-state index contributed by atoms with van der Waals surface area (Å²) in [4.78, 5) is 2.55. The van der Waals surface area contributed by atoms with Gasteiger partial charge < -0.3 is 15.0 Å². The Balaban J connectivity index is 1.91. The van der Waals surface area contributed by atoms with Gasteiger partial charge in [-0.3, -0.25) is 0 Å². The van der Waals surface area contributed by atoms with E-state index in [9.17, 15) is 0 Å². The van der Waals surface area contributed by atoms with Crippen LogP contribution >= 0.6 is 0 Å². The number of ether oxygens (including phenoxy) is 1. The highest BCUT2D eigenvalue weighted by atomic mass is 16.5. The van der Waals surface area contributed by atoms with Crippen molar-refractivity contribution in [2.24, 2.45) is 5.92 Å². The second-order valence-electron chi connectivity index (χ2n) is 6.19. The number of nitrogens with zero attached hydrogens (tertiary/aromatic N) is 1. The van der Waals surface area contributed by atoms with E-state index in [0.29, 0.717) is 12.1 Å². The number of likely N-dealkylation sites (tertiary alicyclic amines) is 1. The van der Waals surface area contributed by atoms with Crippen LogP contribution in [0.5, 0.6) is 5.75 Å². The molecule has 1 aromatic rings. The van der Waals surface area contributed by atoms with Crippen molar-refractivity contribution < 1.29 is 4.74 Å². The fraction of sp³-hybridized carbons (Fsp3) is 0.667. The van der Waals surface area contributed by atoms with Crippen molar-refractivity contribution in [2.45, 2.75) is 45.7 Å². The van der Waals surface area contributed by atoms with Crippen LogP contribution in [0.1, 0.15) is 45.2 Å². The largest absolute Gasteiger partial charge is 0.496 e. The maximum atomic E-state index is 5.48. The van der Waals surface area contributed by atoms with Crippen LogP contribution in [0.3, 0.4) is 0 Å². The molecule has 0 amide bonds. The lowest BCUT2D eigenvalue weighted by atomic mass is 9.89. The fourth-order valence-electron chi connectivity index (χ4n) is 3.41. The number of hydrogen-bond acceptors (Lipinski definition) is 3. The van der Waals surface area contributed by atoms with Crippen molar-refractivity contribution in [3.8, 4) is 5.75 Å². The number of methoxy groups -OCH3 is 1. The van der Waals surface area contributed by atoms with Gasteiger partial charge in [-0.15, -0.1) is 0 Å². The van der Waals surface area contributed by atoms with Gasteiger partial charge >= 0.3 is 0 Å². The molecule has 1 N–H and O–H groups in total. The topological polar surface area (TPSA) is 24.5 Å². The first-order chi connectivity index (χ1) is 10.2. The highest BCUT2D eigenvalue weighted by Gasteiger charge is 2.24. The molecule has 2 rings (SSSR count). The predicted molar refractivity (Wildman–Crippen MR) is 88.8 cm³/mol. The normalized spacial score (nSPS) is 20.2. The molecule has 1 saturated heterocycles. The summed E-state index contributed by atoms with van der Waals surface area (Å²) in [5, 5.41) is 3.77. The van der Waals surface area contributed by atoms with Crippen LogP contribution in [0.2, 0.25) is 0 Å². The first-order valence-electron chi connectivity index (χ1n) is 8.27. The smallest absolute Gasteiger partial charge is 0.123 e. The molecule has 1 aliphatic heterocycles. The minimum absolute atomic E-state index is 0.320. The monoisotopic (exact) mass is 290 g/mol. The molecule has 1 aromatic carbocycles. The molecular formula is C18H30N2O. The van der Waals surface area contributed by atoms with Crippen molar-refractivity contribution in [3.05, 3.63) is 29.8 Å². The molecule has 3 heteroatoms. The maximum Gasteiger partial charge on any atom is 0.123 e. The van der Waals surface area contributed by atoms with E-state index in [4.69, 9.17) is 4.74 Å². The maximum absolute atomic E-state index is 5.48. The Hall–Kier alpha value is -1.06. The van der Waals surface area contributed by atoms with Gasteiger partial charge in [0.15, 0.2) is 0 Å². The summed E-state index contributed by atoms with van der Waals surface area (Å²) in [5.74, 6) is 1.76. The van der Waals surface area contributed by atoms with Gasteiger partial charge in [0.1, 0.15) is 5.75 Å². The van der Waals surface area contributed by atoms with E-state index >= 15 is 0 Å². The van der Waals surface area contributed by atoms with E-state index in [1.165, 1.54) is 38.0 Å². The molecule has 2 atom stereocenters. The third-order valence-electron chi connectivity index (χ3n) is 4.90. The lowest BCUT2D eigenvalue weighted by molar-refractivity contribution is 0.165. The molecular weight excluding hydrogens is 260 g/mol. The van der Waals surface area contributed by atoms with Gasteiger partial charge in [0.25, 0.3) is 0 Å². The zero-order valence-corrected chi connectivity index (χ0v) is 13.9. The van der Waals surface area contributed by atoms with Gasteiger partial charge in [0, 0.05) is 17.6 Å². The molecule has 0 aromatic heterocycles. The number of rotatable bonds is 6. The third kappa shape index (κ3) is 4.21. The quantitative estimate of drug-likeness (QED) is 0.868. The van der Waals surface area contributed by atoms with Crippen LogP contribution in [-0.4, -0.2) is 37.7 Å². The Morgan fingerprint density at radius 2 is 1.90 bits per heavy atom. The minimum Gasteiger partial charge on any atom is -0.496 e. The number of nitrogens with one attached hydrogen (secondary N) is 1. The third-order valence-corrected chi connectivity index (χ3v) is 4.90. The van der Waals surface area contributed by atoms with Gasteiger partial charge in [-0.1, -0.05) is 25.1 Å². The lowest BCUT2D eigenvalue weighted by Gasteiger charge is -2.35. The predicted octanol–water partition coefficient (Wildman–Crippen LogP) is 3.47. The first-order valence-corrected chi connectivity index (χ1v) is 8.27. The molecule has 0 aliphatic carbocycles. The first kappa shape index (κ1) is 16.3. The number of hydrogen-bond donors (Lipinski definition) is 1. The number of benzene rings is 1. The minimum atomic E-state index is 0.320. The van der Waals surface area contributed by atoms with E-state index < -0.39 is 0 Å². The highest BCUT2D eigenvalue weighted by Crippen LogP contribution is 2.27. The van der Waals surface area contributed by atoms with Crippen LogP contribution in [0.25, 0.3) is 0 Å². The van der Waals surface area contributed by atoms with E-state index in [-0.39, 0.29) is 0 Å². The molecule has 1 unspecified atom stereocenters. The molecule has 0 saturated carbocycles. The molecule has 118 valence electrons. The van der Waals surface area contributed by atoms with Crippen LogP contribution in [-0.2, 0) is 0 Å². The second kappa shape index (κ2) is 7.81.